The molecule has 2 N–H and O–H groups in total. The van der Waals surface area contributed by atoms with E-state index in [-0.39, 0.29) is 0 Å². The van der Waals surface area contributed by atoms with Crippen molar-refractivity contribution in [3.8, 4) is 5.75 Å². The lowest BCUT2D eigenvalue weighted by atomic mass is 9.87. The highest BCUT2D eigenvalue weighted by molar-refractivity contribution is 6.00. The van der Waals surface area contributed by atoms with Gasteiger partial charge in [-0.05, 0) is 70.2 Å². The number of nitrogens with zero attached hydrogens (tertiary/aromatic N) is 1. The maximum atomic E-state index is 10.8. The molecular weight excluding hydrogens is 400 g/mol. The zero-order valence-corrected chi connectivity index (χ0v) is 18.0. The smallest absolute Gasteiger partial charge is 0.328 e. The molecule has 0 fully saturated rings. The van der Waals surface area contributed by atoms with E-state index >= 15 is 0 Å². The second-order valence-electron chi connectivity index (χ2n) is 7.40. The molecule has 4 aromatic rings. The van der Waals surface area contributed by atoms with Crippen molar-refractivity contribution in [3.05, 3.63) is 101 Å². The van der Waals surface area contributed by atoms with Crippen molar-refractivity contribution in [2.45, 2.75) is 13.3 Å². The molecule has 0 saturated heterocycles. The number of hydrogen-bond donors (Lipinski definition) is 2. The number of nitrogens with one attached hydrogen (secondary N) is 1. The van der Waals surface area contributed by atoms with Crippen molar-refractivity contribution in [3.63, 3.8) is 0 Å². The second-order valence-corrected chi connectivity index (χ2v) is 7.40. The lowest BCUT2D eigenvalue weighted by Crippen LogP contribution is -1.96. The van der Waals surface area contributed by atoms with Gasteiger partial charge in [0.25, 0.3) is 0 Å². The number of aromatic nitrogens is 2. The van der Waals surface area contributed by atoms with Crippen LogP contribution in [0.1, 0.15) is 35.6 Å². The van der Waals surface area contributed by atoms with Crippen molar-refractivity contribution in [2.24, 2.45) is 0 Å². The summed E-state index contributed by atoms with van der Waals surface area (Å²) >= 11 is 0. The summed E-state index contributed by atoms with van der Waals surface area (Å²) in [5.41, 5.74) is 7.46. The van der Waals surface area contributed by atoms with Crippen LogP contribution in [0.2, 0.25) is 0 Å². The molecule has 5 nitrogen and oxygen atoms in total. The molecule has 0 spiro atoms. The number of benzene rings is 3. The Bertz CT molecular complexity index is 1300. The van der Waals surface area contributed by atoms with Gasteiger partial charge in [-0.25, -0.2) is 4.79 Å². The Hall–Kier alpha value is -4.12. The van der Waals surface area contributed by atoms with Crippen LogP contribution in [0.5, 0.6) is 5.75 Å². The maximum absolute atomic E-state index is 10.8. The van der Waals surface area contributed by atoms with E-state index in [0.717, 1.165) is 57.0 Å². The number of carbonyl (C=O) groups is 1. The number of rotatable bonds is 7. The van der Waals surface area contributed by atoms with Gasteiger partial charge in [0.2, 0.25) is 0 Å². The van der Waals surface area contributed by atoms with Crippen LogP contribution in [0.25, 0.3) is 28.1 Å². The Balaban J connectivity index is 1.88. The van der Waals surface area contributed by atoms with Gasteiger partial charge in [0.05, 0.1) is 18.8 Å². The average molecular weight is 425 g/mol. The first-order valence-electron chi connectivity index (χ1n) is 10.4. The van der Waals surface area contributed by atoms with Crippen LogP contribution in [0.15, 0.2) is 79.0 Å². The summed E-state index contributed by atoms with van der Waals surface area (Å²) in [6.07, 6.45) is 5.41. The van der Waals surface area contributed by atoms with Crippen LogP contribution in [0.4, 0.5) is 0 Å². The number of H-pyrrole nitrogens is 1. The monoisotopic (exact) mass is 424 g/mol. The van der Waals surface area contributed by atoms with Crippen molar-refractivity contribution >= 4 is 34.1 Å². The zero-order valence-electron chi connectivity index (χ0n) is 18.0. The van der Waals surface area contributed by atoms with Crippen molar-refractivity contribution < 1.29 is 14.6 Å². The zero-order chi connectivity index (χ0) is 22.5. The molecule has 4 rings (SSSR count). The minimum Gasteiger partial charge on any atom is -0.497 e. The first-order chi connectivity index (χ1) is 15.6. The molecule has 5 heteroatoms. The van der Waals surface area contributed by atoms with Crippen molar-refractivity contribution in [1.82, 2.24) is 10.2 Å². The van der Waals surface area contributed by atoms with Gasteiger partial charge in [-0.3, -0.25) is 5.10 Å². The molecule has 0 saturated carbocycles. The largest absolute Gasteiger partial charge is 0.497 e. The third kappa shape index (κ3) is 4.47. The van der Waals surface area contributed by atoms with Crippen LogP contribution < -0.4 is 4.74 Å². The average Bonchev–Trinajstić information content (AvgIpc) is 3.29. The Morgan fingerprint density at radius 2 is 1.69 bits per heavy atom. The number of aromatic amines is 1. The van der Waals surface area contributed by atoms with Crippen LogP contribution >= 0.6 is 0 Å². The summed E-state index contributed by atoms with van der Waals surface area (Å²) in [5.74, 6) is -0.143. The molecule has 0 atom stereocenters. The molecule has 0 aliphatic carbocycles. The van der Waals surface area contributed by atoms with E-state index in [1.54, 1.807) is 13.2 Å². The predicted molar refractivity (Wildman–Crippen MR) is 128 cm³/mol. The first kappa shape index (κ1) is 21.1. The minimum atomic E-state index is -0.962. The number of carboxylic acid groups (broad SMARTS) is 1. The highest BCUT2D eigenvalue weighted by Crippen LogP contribution is 2.36. The molecule has 1 aromatic heterocycles. The highest BCUT2D eigenvalue weighted by atomic mass is 16.5. The number of ether oxygens (including phenoxy) is 1. The van der Waals surface area contributed by atoms with Gasteiger partial charge in [-0.2, -0.15) is 5.10 Å². The fourth-order valence-corrected chi connectivity index (χ4v) is 3.86. The van der Waals surface area contributed by atoms with Crippen LogP contribution in [0.3, 0.4) is 0 Å². The van der Waals surface area contributed by atoms with Gasteiger partial charge in [-0.1, -0.05) is 49.4 Å². The standard InChI is InChI=1S/C27H24N2O3/c1-3-24(19-9-12-23(32-2)13-10-19)27(21-11-14-25-22(16-21)17-28-29-25)20-7-4-18(5-8-20)6-15-26(30)31/h4-17H,3H2,1-2H3,(H,28,29)(H,30,31)/b15-6+,27-24+. The van der Waals surface area contributed by atoms with E-state index < -0.39 is 5.97 Å². The minimum absolute atomic E-state index is 0.820. The molecule has 0 aliphatic heterocycles. The topological polar surface area (TPSA) is 75.2 Å². The number of hydrogen-bond acceptors (Lipinski definition) is 3. The van der Waals surface area contributed by atoms with Gasteiger partial charge >= 0.3 is 5.97 Å². The van der Waals surface area contributed by atoms with Gasteiger partial charge in [-0.15, -0.1) is 0 Å². The number of methoxy groups -OCH3 is 1. The lowest BCUT2D eigenvalue weighted by Gasteiger charge is -2.17. The quantitative estimate of drug-likeness (QED) is 0.280. The van der Waals surface area contributed by atoms with E-state index in [2.05, 4.69) is 41.4 Å². The summed E-state index contributed by atoms with van der Waals surface area (Å²) in [6.45, 7) is 2.15. The molecule has 0 unspecified atom stereocenters. The van der Waals surface area contributed by atoms with E-state index in [0.29, 0.717) is 0 Å². The molecule has 0 aliphatic rings. The molecule has 32 heavy (non-hydrogen) atoms. The van der Waals surface area contributed by atoms with E-state index in [9.17, 15) is 4.79 Å². The number of carboxylic acids is 1. The summed E-state index contributed by atoms with van der Waals surface area (Å²) in [5, 5.41) is 17.1. The summed E-state index contributed by atoms with van der Waals surface area (Å²) in [7, 11) is 1.66. The molecule has 0 amide bonds. The first-order valence-corrected chi connectivity index (χ1v) is 10.4. The third-order valence-electron chi connectivity index (χ3n) is 5.44. The van der Waals surface area contributed by atoms with Gasteiger partial charge in [0.1, 0.15) is 5.75 Å². The second kappa shape index (κ2) is 9.35. The molecule has 160 valence electrons. The Morgan fingerprint density at radius 1 is 1.00 bits per heavy atom. The fourth-order valence-electron chi connectivity index (χ4n) is 3.86. The molecular formula is C27H24N2O3. The predicted octanol–water partition coefficient (Wildman–Crippen LogP) is 6.04. The Morgan fingerprint density at radius 3 is 2.34 bits per heavy atom. The summed E-state index contributed by atoms with van der Waals surface area (Å²) in [6, 6.07) is 22.4. The van der Waals surface area contributed by atoms with Crippen molar-refractivity contribution in [1.29, 1.82) is 0 Å². The summed E-state index contributed by atoms with van der Waals surface area (Å²) < 4.78 is 5.33. The van der Waals surface area contributed by atoms with Crippen LogP contribution in [-0.4, -0.2) is 28.4 Å². The Kier molecular flexibility index (Phi) is 6.17. The van der Waals surface area contributed by atoms with E-state index in [1.165, 1.54) is 5.57 Å². The van der Waals surface area contributed by atoms with Gasteiger partial charge in [0.15, 0.2) is 0 Å². The van der Waals surface area contributed by atoms with Gasteiger partial charge in [0, 0.05) is 11.5 Å². The fraction of sp³-hybridized carbons (Fsp3) is 0.111. The summed E-state index contributed by atoms with van der Waals surface area (Å²) in [4.78, 5) is 10.8. The molecule has 3 aromatic carbocycles. The highest BCUT2D eigenvalue weighted by Gasteiger charge is 2.14. The van der Waals surface area contributed by atoms with Crippen LogP contribution in [-0.2, 0) is 4.79 Å². The van der Waals surface area contributed by atoms with Crippen LogP contribution in [0, 0.1) is 0 Å². The van der Waals surface area contributed by atoms with E-state index in [4.69, 9.17) is 9.84 Å². The maximum Gasteiger partial charge on any atom is 0.328 e. The Labute approximate surface area is 186 Å². The van der Waals surface area contributed by atoms with Crippen molar-refractivity contribution in [2.75, 3.05) is 7.11 Å². The molecule has 0 radical (unpaired) electrons. The SMILES string of the molecule is CC/C(=C(/c1ccc(/C=C/C(=O)O)cc1)c1ccc2[nH]ncc2c1)c1ccc(OC)cc1. The lowest BCUT2D eigenvalue weighted by molar-refractivity contribution is -0.131. The molecule has 1 heterocycles. The number of fused-ring (bicyclic) bond motifs is 1. The number of allylic oxidation sites excluding steroid dienone is 1. The number of aliphatic carboxylic acids is 1. The third-order valence-corrected chi connectivity index (χ3v) is 5.44. The normalized spacial score (nSPS) is 12.2. The molecule has 0 bridgehead atoms. The van der Waals surface area contributed by atoms with E-state index in [1.807, 2.05) is 48.7 Å². The van der Waals surface area contributed by atoms with Gasteiger partial charge < -0.3 is 9.84 Å².